The van der Waals surface area contributed by atoms with Crippen LogP contribution in [-0.2, 0) is 9.84 Å². The first-order chi connectivity index (χ1) is 8.69. The monoisotopic (exact) mass is 347 g/mol. The minimum atomic E-state index is -3.11. The molecule has 1 N–H and O–H groups in total. The Morgan fingerprint density at radius 2 is 2.05 bits per heavy atom. The molecular formula is C12H18BrN3O2S. The van der Waals surface area contributed by atoms with E-state index in [-0.39, 0.29) is 0 Å². The number of nitrogens with zero attached hydrogens (tertiary/aromatic N) is 2. The second-order valence-corrected chi connectivity index (χ2v) is 9.06. The van der Waals surface area contributed by atoms with Gasteiger partial charge in [-0.2, -0.15) is 0 Å². The number of halogens is 1. The van der Waals surface area contributed by atoms with Crippen molar-refractivity contribution in [2.24, 2.45) is 0 Å². The summed E-state index contributed by atoms with van der Waals surface area (Å²) in [5.41, 5.74) is 0. The smallest absolute Gasteiger partial charge is 0.154 e. The second kappa shape index (κ2) is 5.01. The Bertz CT molecular complexity index is 583. The van der Waals surface area contributed by atoms with E-state index in [9.17, 15) is 8.42 Å². The molecule has 0 aliphatic heterocycles. The van der Waals surface area contributed by atoms with Gasteiger partial charge < -0.3 is 5.32 Å². The summed E-state index contributed by atoms with van der Waals surface area (Å²) < 4.78 is 23.2. The largest absolute Gasteiger partial charge is 0.368 e. The Balaban J connectivity index is 2.11. The van der Waals surface area contributed by atoms with E-state index in [0.29, 0.717) is 18.3 Å². The second-order valence-electron chi connectivity index (χ2n) is 5.59. The van der Waals surface area contributed by atoms with Gasteiger partial charge in [0.05, 0.1) is 4.75 Å². The lowest BCUT2D eigenvalue weighted by Crippen LogP contribution is -2.38. The molecule has 0 bridgehead atoms. The van der Waals surface area contributed by atoms with Crippen molar-refractivity contribution in [2.75, 3.05) is 18.1 Å². The molecule has 0 unspecified atom stereocenters. The van der Waals surface area contributed by atoms with Gasteiger partial charge >= 0.3 is 0 Å². The van der Waals surface area contributed by atoms with Crippen molar-refractivity contribution in [1.82, 2.24) is 9.97 Å². The van der Waals surface area contributed by atoms with Crippen molar-refractivity contribution in [3.05, 3.63) is 16.5 Å². The van der Waals surface area contributed by atoms with Gasteiger partial charge in [-0.05, 0) is 42.6 Å². The third-order valence-electron chi connectivity index (χ3n) is 3.35. The number of aromatic nitrogens is 2. The van der Waals surface area contributed by atoms with E-state index in [1.165, 1.54) is 6.26 Å². The molecule has 0 spiro atoms. The van der Waals surface area contributed by atoms with Crippen LogP contribution in [0.2, 0.25) is 0 Å². The molecule has 106 valence electrons. The molecule has 5 nitrogen and oxygen atoms in total. The SMILES string of the molecule is CC(C)(CNc1cc(Br)nc(C2CC2)n1)S(C)(=O)=O. The van der Waals surface area contributed by atoms with Crippen LogP contribution in [-0.4, -0.2) is 35.9 Å². The predicted molar refractivity (Wildman–Crippen MR) is 79.1 cm³/mol. The first kappa shape index (κ1) is 14.7. The summed E-state index contributed by atoms with van der Waals surface area (Å²) in [4.78, 5) is 8.77. The van der Waals surface area contributed by atoms with Crippen LogP contribution in [0.5, 0.6) is 0 Å². The van der Waals surface area contributed by atoms with Crippen molar-refractivity contribution >= 4 is 31.6 Å². The normalized spacial score (nSPS) is 16.4. The van der Waals surface area contributed by atoms with Gasteiger partial charge in [0.15, 0.2) is 9.84 Å². The highest BCUT2D eigenvalue weighted by Gasteiger charge is 2.31. The van der Waals surface area contributed by atoms with E-state index in [1.807, 2.05) is 0 Å². The maximum absolute atomic E-state index is 11.6. The highest BCUT2D eigenvalue weighted by molar-refractivity contribution is 9.10. The van der Waals surface area contributed by atoms with E-state index in [2.05, 4.69) is 31.2 Å². The standard InChI is InChI=1S/C12H18BrN3O2S/c1-12(2,19(3,17)18)7-14-10-6-9(13)15-11(16-10)8-4-5-8/h6,8H,4-5,7H2,1-3H3,(H,14,15,16). The van der Waals surface area contributed by atoms with Crippen LogP contribution in [0.25, 0.3) is 0 Å². The van der Waals surface area contributed by atoms with Crippen LogP contribution in [0.15, 0.2) is 10.7 Å². The van der Waals surface area contributed by atoms with E-state index in [4.69, 9.17) is 0 Å². The average molecular weight is 348 g/mol. The molecule has 1 aliphatic carbocycles. The lowest BCUT2D eigenvalue weighted by atomic mass is 10.2. The van der Waals surface area contributed by atoms with Gasteiger partial charge in [-0.3, -0.25) is 0 Å². The fourth-order valence-electron chi connectivity index (χ4n) is 1.48. The van der Waals surface area contributed by atoms with Crippen molar-refractivity contribution in [3.63, 3.8) is 0 Å². The van der Waals surface area contributed by atoms with Crippen LogP contribution < -0.4 is 5.32 Å². The molecule has 1 saturated carbocycles. The van der Waals surface area contributed by atoms with E-state index in [0.717, 1.165) is 23.3 Å². The minimum absolute atomic E-state index is 0.319. The maximum Gasteiger partial charge on any atom is 0.154 e. The molecule has 0 amide bonds. The first-order valence-corrected chi connectivity index (χ1v) is 8.85. The molecule has 1 aliphatic rings. The Hall–Kier alpha value is -0.690. The van der Waals surface area contributed by atoms with Gasteiger partial charge in [-0.25, -0.2) is 18.4 Å². The Labute approximate surface area is 122 Å². The molecule has 1 heterocycles. The van der Waals surface area contributed by atoms with Crippen LogP contribution in [0, 0.1) is 0 Å². The summed E-state index contributed by atoms with van der Waals surface area (Å²) in [5, 5.41) is 3.10. The zero-order valence-corrected chi connectivity index (χ0v) is 13.7. The molecule has 1 fully saturated rings. The van der Waals surface area contributed by atoms with Crippen molar-refractivity contribution in [3.8, 4) is 0 Å². The fourth-order valence-corrected chi connectivity index (χ4v) is 2.22. The Morgan fingerprint density at radius 1 is 1.42 bits per heavy atom. The number of nitrogens with one attached hydrogen (secondary N) is 1. The molecule has 0 aromatic carbocycles. The van der Waals surface area contributed by atoms with Gasteiger partial charge in [-0.15, -0.1) is 0 Å². The first-order valence-electron chi connectivity index (χ1n) is 6.17. The third-order valence-corrected chi connectivity index (χ3v) is 5.91. The van der Waals surface area contributed by atoms with Gasteiger partial charge in [0, 0.05) is 24.8 Å². The lowest BCUT2D eigenvalue weighted by Gasteiger charge is -2.23. The molecule has 0 saturated heterocycles. The quantitative estimate of drug-likeness (QED) is 0.827. The summed E-state index contributed by atoms with van der Waals surface area (Å²) >= 11 is 3.36. The van der Waals surface area contributed by atoms with Gasteiger partial charge in [0.1, 0.15) is 16.2 Å². The van der Waals surface area contributed by atoms with Crippen LogP contribution in [0.4, 0.5) is 5.82 Å². The predicted octanol–water partition coefficient (Wildman–Crippen LogP) is 2.35. The fraction of sp³-hybridized carbons (Fsp3) is 0.667. The average Bonchev–Trinajstić information content (AvgIpc) is 3.08. The lowest BCUT2D eigenvalue weighted by molar-refractivity contribution is 0.559. The van der Waals surface area contributed by atoms with Crippen molar-refractivity contribution in [2.45, 2.75) is 37.4 Å². The van der Waals surface area contributed by atoms with Crippen LogP contribution in [0.3, 0.4) is 0 Å². The Kier molecular flexibility index (Phi) is 3.88. The summed E-state index contributed by atoms with van der Waals surface area (Å²) in [5.74, 6) is 1.95. The van der Waals surface area contributed by atoms with E-state index < -0.39 is 14.6 Å². The molecule has 0 atom stereocenters. The molecule has 0 radical (unpaired) electrons. The van der Waals surface area contributed by atoms with E-state index in [1.54, 1.807) is 19.9 Å². The molecule has 1 aromatic rings. The zero-order valence-electron chi connectivity index (χ0n) is 11.3. The molecule has 19 heavy (non-hydrogen) atoms. The summed E-state index contributed by atoms with van der Waals surface area (Å²) in [6.07, 6.45) is 3.51. The highest BCUT2D eigenvalue weighted by atomic mass is 79.9. The van der Waals surface area contributed by atoms with Gasteiger partial charge in [-0.1, -0.05) is 0 Å². The topological polar surface area (TPSA) is 72.0 Å². The Morgan fingerprint density at radius 3 is 2.58 bits per heavy atom. The number of rotatable bonds is 5. The molecular weight excluding hydrogens is 330 g/mol. The zero-order chi connectivity index (χ0) is 14.3. The summed E-state index contributed by atoms with van der Waals surface area (Å²) in [7, 11) is -3.11. The maximum atomic E-state index is 11.6. The van der Waals surface area contributed by atoms with Crippen LogP contribution in [0.1, 0.15) is 38.4 Å². The van der Waals surface area contributed by atoms with Crippen molar-refractivity contribution in [1.29, 1.82) is 0 Å². The van der Waals surface area contributed by atoms with Gasteiger partial charge in [0.25, 0.3) is 0 Å². The number of anilines is 1. The van der Waals surface area contributed by atoms with Crippen molar-refractivity contribution < 1.29 is 8.42 Å². The molecule has 7 heteroatoms. The molecule has 2 rings (SSSR count). The summed E-state index contributed by atoms with van der Waals surface area (Å²) in [6, 6.07) is 1.77. The third kappa shape index (κ3) is 3.66. The summed E-state index contributed by atoms with van der Waals surface area (Å²) in [6.45, 7) is 3.72. The number of hydrogen-bond acceptors (Lipinski definition) is 5. The minimum Gasteiger partial charge on any atom is -0.368 e. The van der Waals surface area contributed by atoms with Crippen LogP contribution >= 0.6 is 15.9 Å². The number of hydrogen-bond donors (Lipinski definition) is 1. The van der Waals surface area contributed by atoms with E-state index >= 15 is 0 Å². The molecule has 1 aromatic heterocycles. The van der Waals surface area contributed by atoms with Gasteiger partial charge in [0.2, 0.25) is 0 Å². The highest BCUT2D eigenvalue weighted by Crippen LogP contribution is 2.38. The number of sulfone groups is 1.